The third-order valence-corrected chi connectivity index (χ3v) is 6.69. The number of hydrogen-bond donors (Lipinski definition) is 0. The molecule has 0 radical (unpaired) electrons. The van der Waals surface area contributed by atoms with E-state index in [2.05, 4.69) is 98.8 Å². The molecular weight excluding hydrogens is 344 g/mol. The van der Waals surface area contributed by atoms with E-state index in [9.17, 15) is 0 Å². The third-order valence-electron chi connectivity index (χ3n) is 5.51. The first-order valence-corrected chi connectivity index (χ1v) is 10.1. The van der Waals surface area contributed by atoms with Crippen LogP contribution in [0, 0.1) is 13.8 Å². The largest absolute Gasteiger partial charge is 0.135 e. The van der Waals surface area contributed by atoms with Crippen molar-refractivity contribution < 1.29 is 0 Å². The van der Waals surface area contributed by atoms with Gasteiger partial charge in [-0.3, -0.25) is 0 Å². The maximum Gasteiger partial charge on any atom is 0.0349 e. The number of thiophene rings is 1. The molecule has 0 N–H and O–H groups in total. The molecule has 0 unspecified atom stereocenters. The monoisotopic (exact) mass is 364 g/mol. The van der Waals surface area contributed by atoms with Crippen molar-refractivity contribution in [1.29, 1.82) is 0 Å². The molecule has 0 bridgehead atoms. The fourth-order valence-electron chi connectivity index (χ4n) is 4.01. The van der Waals surface area contributed by atoms with Gasteiger partial charge in [-0.15, -0.1) is 11.3 Å². The maximum atomic E-state index is 2.37. The molecule has 1 heteroatoms. The van der Waals surface area contributed by atoms with Gasteiger partial charge >= 0.3 is 0 Å². The van der Waals surface area contributed by atoms with Gasteiger partial charge in [-0.25, -0.2) is 0 Å². The summed E-state index contributed by atoms with van der Waals surface area (Å²) >= 11 is 1.86. The first kappa shape index (κ1) is 16.3. The van der Waals surface area contributed by atoms with E-state index in [1.807, 2.05) is 11.3 Å². The summed E-state index contributed by atoms with van der Waals surface area (Å²) in [6.07, 6.45) is 0. The second kappa shape index (κ2) is 6.37. The van der Waals surface area contributed by atoms with E-state index in [1.165, 1.54) is 53.6 Å². The van der Waals surface area contributed by atoms with Crippen molar-refractivity contribution in [2.45, 2.75) is 13.8 Å². The van der Waals surface area contributed by atoms with Crippen LogP contribution in [0.2, 0.25) is 0 Å². The van der Waals surface area contributed by atoms with Gasteiger partial charge in [0.1, 0.15) is 0 Å². The Bertz CT molecular complexity index is 1280. The predicted octanol–water partition coefficient (Wildman–Crippen LogP) is 8.01. The number of benzene rings is 4. The standard InChI is InChI=1S/C26H20S/c1-17-21-10-6-7-11-22(21)18(2)24-16-20(12-13-23(17)24)26-15-14-25(27-26)19-8-4-3-5-9-19/h3-16H,1-2H3. The van der Waals surface area contributed by atoms with Gasteiger partial charge in [0.25, 0.3) is 0 Å². The van der Waals surface area contributed by atoms with Crippen LogP contribution in [-0.4, -0.2) is 0 Å². The van der Waals surface area contributed by atoms with Crippen LogP contribution < -0.4 is 0 Å². The number of fused-ring (bicyclic) bond motifs is 2. The molecule has 1 heterocycles. The molecule has 0 aliphatic rings. The molecule has 0 aliphatic heterocycles. The molecule has 0 saturated heterocycles. The molecule has 0 amide bonds. The first-order valence-electron chi connectivity index (χ1n) is 9.29. The lowest BCUT2D eigenvalue weighted by Crippen LogP contribution is -1.88. The van der Waals surface area contributed by atoms with Crippen LogP contribution in [0.1, 0.15) is 11.1 Å². The minimum absolute atomic E-state index is 1.28. The van der Waals surface area contributed by atoms with Gasteiger partial charge in [0.15, 0.2) is 0 Å². The van der Waals surface area contributed by atoms with E-state index >= 15 is 0 Å². The molecule has 130 valence electrons. The van der Waals surface area contributed by atoms with E-state index < -0.39 is 0 Å². The molecule has 1 aromatic heterocycles. The minimum atomic E-state index is 1.28. The zero-order valence-corrected chi connectivity index (χ0v) is 16.3. The second-order valence-electron chi connectivity index (χ2n) is 7.09. The Morgan fingerprint density at radius 3 is 1.74 bits per heavy atom. The van der Waals surface area contributed by atoms with Crippen LogP contribution in [0.5, 0.6) is 0 Å². The summed E-state index contributed by atoms with van der Waals surface area (Å²) in [5, 5.41) is 5.43. The molecule has 27 heavy (non-hydrogen) atoms. The van der Waals surface area contributed by atoms with E-state index in [1.54, 1.807) is 0 Å². The van der Waals surface area contributed by atoms with Crippen molar-refractivity contribution in [3.63, 3.8) is 0 Å². The Kier molecular flexibility index (Phi) is 3.84. The highest BCUT2D eigenvalue weighted by molar-refractivity contribution is 7.18. The van der Waals surface area contributed by atoms with E-state index in [0.717, 1.165) is 0 Å². The highest BCUT2D eigenvalue weighted by Crippen LogP contribution is 2.38. The maximum absolute atomic E-state index is 2.37. The lowest BCUT2D eigenvalue weighted by molar-refractivity contribution is 1.52. The van der Waals surface area contributed by atoms with Gasteiger partial charge in [-0.05, 0) is 75.8 Å². The molecular formula is C26H20S. The predicted molar refractivity (Wildman–Crippen MR) is 120 cm³/mol. The van der Waals surface area contributed by atoms with E-state index in [4.69, 9.17) is 0 Å². The van der Waals surface area contributed by atoms with Crippen molar-refractivity contribution in [2.24, 2.45) is 0 Å². The lowest BCUT2D eigenvalue weighted by atomic mass is 9.92. The Hall–Kier alpha value is -2.90. The molecule has 0 atom stereocenters. The van der Waals surface area contributed by atoms with Crippen molar-refractivity contribution >= 4 is 32.9 Å². The summed E-state index contributed by atoms with van der Waals surface area (Å²) in [4.78, 5) is 2.64. The quantitative estimate of drug-likeness (QED) is 0.278. The molecule has 5 aromatic rings. The summed E-state index contributed by atoms with van der Waals surface area (Å²) in [5.74, 6) is 0. The normalized spacial score (nSPS) is 11.3. The first-order chi connectivity index (χ1) is 13.2. The average Bonchev–Trinajstić information content (AvgIpc) is 3.23. The molecule has 0 aliphatic carbocycles. The fourth-order valence-corrected chi connectivity index (χ4v) is 5.02. The van der Waals surface area contributed by atoms with Crippen molar-refractivity contribution in [2.75, 3.05) is 0 Å². The van der Waals surface area contributed by atoms with Crippen LogP contribution in [0.3, 0.4) is 0 Å². The minimum Gasteiger partial charge on any atom is -0.135 e. The fraction of sp³-hybridized carbons (Fsp3) is 0.0769. The van der Waals surface area contributed by atoms with E-state index in [-0.39, 0.29) is 0 Å². The second-order valence-corrected chi connectivity index (χ2v) is 8.17. The average molecular weight is 365 g/mol. The molecule has 0 saturated carbocycles. The van der Waals surface area contributed by atoms with Crippen molar-refractivity contribution in [3.05, 3.63) is 96.1 Å². The van der Waals surface area contributed by atoms with Crippen LogP contribution in [-0.2, 0) is 0 Å². The Morgan fingerprint density at radius 1 is 0.481 bits per heavy atom. The topological polar surface area (TPSA) is 0 Å². The third kappa shape index (κ3) is 2.67. The highest BCUT2D eigenvalue weighted by Gasteiger charge is 2.11. The van der Waals surface area contributed by atoms with Crippen LogP contribution in [0.15, 0.2) is 84.9 Å². The van der Waals surface area contributed by atoms with Crippen molar-refractivity contribution in [1.82, 2.24) is 0 Å². The summed E-state index contributed by atoms with van der Waals surface area (Å²) in [5.41, 5.74) is 5.32. The smallest absolute Gasteiger partial charge is 0.0349 e. The Morgan fingerprint density at radius 2 is 1.04 bits per heavy atom. The van der Waals surface area contributed by atoms with Gasteiger partial charge < -0.3 is 0 Å². The van der Waals surface area contributed by atoms with E-state index in [0.29, 0.717) is 0 Å². The van der Waals surface area contributed by atoms with Gasteiger partial charge in [-0.2, -0.15) is 0 Å². The number of aryl methyl sites for hydroxylation is 2. The van der Waals surface area contributed by atoms with Crippen molar-refractivity contribution in [3.8, 4) is 20.9 Å². The van der Waals surface area contributed by atoms with Gasteiger partial charge in [0.2, 0.25) is 0 Å². The molecule has 4 aromatic carbocycles. The zero-order valence-electron chi connectivity index (χ0n) is 15.5. The summed E-state index contributed by atoms with van der Waals surface area (Å²) < 4.78 is 0. The number of rotatable bonds is 2. The van der Waals surface area contributed by atoms with Crippen LogP contribution >= 0.6 is 11.3 Å². The highest BCUT2D eigenvalue weighted by atomic mass is 32.1. The summed E-state index contributed by atoms with van der Waals surface area (Å²) in [6.45, 7) is 4.49. The van der Waals surface area contributed by atoms with Gasteiger partial charge in [0.05, 0.1) is 0 Å². The van der Waals surface area contributed by atoms with Gasteiger partial charge in [0, 0.05) is 9.75 Å². The number of hydrogen-bond acceptors (Lipinski definition) is 1. The summed E-state index contributed by atoms with van der Waals surface area (Å²) in [7, 11) is 0. The summed E-state index contributed by atoms with van der Waals surface area (Å²) in [6, 6.07) is 30.8. The van der Waals surface area contributed by atoms with Crippen LogP contribution in [0.4, 0.5) is 0 Å². The Labute approximate surface area is 163 Å². The van der Waals surface area contributed by atoms with Crippen LogP contribution in [0.25, 0.3) is 42.4 Å². The molecule has 0 fully saturated rings. The molecule has 5 rings (SSSR count). The SMILES string of the molecule is Cc1c2ccccc2c(C)c2cc(-c3ccc(-c4ccccc4)s3)ccc12. The molecule has 0 spiro atoms. The lowest BCUT2D eigenvalue weighted by Gasteiger charge is -2.13. The Balaban J connectivity index is 1.68. The van der Waals surface area contributed by atoms with Gasteiger partial charge in [-0.1, -0.05) is 66.7 Å². The zero-order chi connectivity index (χ0) is 18.4. The molecule has 0 nitrogen and oxygen atoms in total.